The number of nitro benzene ring substituents is 1. The van der Waals surface area contributed by atoms with E-state index in [0.717, 1.165) is 18.9 Å². The van der Waals surface area contributed by atoms with Gasteiger partial charge in [0.05, 0.1) is 10.5 Å². The second-order valence-corrected chi connectivity index (χ2v) is 6.52. The molecule has 0 heterocycles. The van der Waals surface area contributed by atoms with Crippen molar-refractivity contribution in [2.75, 3.05) is 0 Å². The van der Waals surface area contributed by atoms with Crippen molar-refractivity contribution >= 4 is 17.6 Å². The highest BCUT2D eigenvalue weighted by Crippen LogP contribution is 2.28. The highest BCUT2D eigenvalue weighted by molar-refractivity contribution is 5.93. The number of nitrogens with zero attached hydrogens (tertiary/aromatic N) is 1. The minimum absolute atomic E-state index is 0.0502. The lowest BCUT2D eigenvalue weighted by atomic mass is 9.86. The van der Waals surface area contributed by atoms with Crippen molar-refractivity contribution in [2.45, 2.75) is 58.0 Å². The van der Waals surface area contributed by atoms with E-state index < -0.39 is 10.8 Å². The third kappa shape index (κ3) is 5.85. The summed E-state index contributed by atoms with van der Waals surface area (Å²) in [6.45, 7) is -0.183. The zero-order valence-corrected chi connectivity index (χ0v) is 14.2. The van der Waals surface area contributed by atoms with Gasteiger partial charge in [0.25, 0.3) is 5.69 Å². The fourth-order valence-corrected chi connectivity index (χ4v) is 3.25. The summed E-state index contributed by atoms with van der Waals surface area (Å²) in [6, 6.07) is 3.89. The number of hydrogen-bond donors (Lipinski definition) is 1. The first-order valence-corrected chi connectivity index (χ1v) is 8.70. The van der Waals surface area contributed by atoms with Gasteiger partial charge in [-0.15, -0.1) is 0 Å². The Labute approximate surface area is 146 Å². The number of hydrogen-bond acceptors (Lipinski definition) is 5. The van der Waals surface area contributed by atoms with Gasteiger partial charge in [-0.3, -0.25) is 19.7 Å². The van der Waals surface area contributed by atoms with Gasteiger partial charge in [0.2, 0.25) is 5.91 Å². The maximum atomic E-state index is 11.8. The number of benzene rings is 1. The first kappa shape index (κ1) is 18.9. The van der Waals surface area contributed by atoms with E-state index in [1.54, 1.807) is 0 Å². The fourth-order valence-electron chi connectivity index (χ4n) is 3.25. The van der Waals surface area contributed by atoms with Crippen LogP contribution in [0.2, 0.25) is 0 Å². The molecule has 0 atom stereocenters. The van der Waals surface area contributed by atoms with E-state index in [-0.39, 0.29) is 29.4 Å². The van der Waals surface area contributed by atoms with Gasteiger partial charge in [-0.1, -0.05) is 32.1 Å². The number of nitro groups is 1. The van der Waals surface area contributed by atoms with Gasteiger partial charge in [0, 0.05) is 18.1 Å². The maximum Gasteiger partial charge on any atom is 0.306 e. The van der Waals surface area contributed by atoms with Crippen LogP contribution in [0.5, 0.6) is 0 Å². The number of ether oxygens (including phenoxy) is 1. The predicted molar refractivity (Wildman–Crippen MR) is 91.8 cm³/mol. The van der Waals surface area contributed by atoms with Crippen LogP contribution in [0.3, 0.4) is 0 Å². The molecule has 2 rings (SSSR count). The number of nitrogens with two attached hydrogens (primary N) is 1. The third-order valence-electron chi connectivity index (χ3n) is 4.67. The smallest absolute Gasteiger partial charge is 0.306 e. The fraction of sp³-hybridized carbons (Fsp3) is 0.556. The van der Waals surface area contributed by atoms with Crippen LogP contribution < -0.4 is 5.73 Å². The summed E-state index contributed by atoms with van der Waals surface area (Å²) in [5.74, 6) is -0.387. The number of carbonyl (C=O) groups excluding carboxylic acids is 2. The van der Waals surface area contributed by atoms with Crippen molar-refractivity contribution in [3.05, 3.63) is 39.4 Å². The number of carbonyl (C=O) groups is 2. The molecule has 1 aliphatic carbocycles. The van der Waals surface area contributed by atoms with Crippen LogP contribution in [0.1, 0.15) is 67.3 Å². The summed E-state index contributed by atoms with van der Waals surface area (Å²) in [5, 5.41) is 11.1. The van der Waals surface area contributed by atoms with Crippen LogP contribution in [-0.4, -0.2) is 16.8 Å². The average Bonchev–Trinajstić information content (AvgIpc) is 2.60. The molecule has 2 N–H and O–H groups in total. The molecule has 0 aliphatic heterocycles. The zero-order valence-electron chi connectivity index (χ0n) is 14.2. The van der Waals surface area contributed by atoms with E-state index in [9.17, 15) is 19.7 Å². The van der Waals surface area contributed by atoms with Crippen LogP contribution >= 0.6 is 0 Å². The molecular weight excluding hydrogens is 324 g/mol. The average molecular weight is 348 g/mol. The van der Waals surface area contributed by atoms with E-state index in [4.69, 9.17) is 10.5 Å². The van der Waals surface area contributed by atoms with Crippen molar-refractivity contribution in [3.63, 3.8) is 0 Å². The van der Waals surface area contributed by atoms with Crippen molar-refractivity contribution in [1.82, 2.24) is 0 Å². The predicted octanol–water partition coefficient (Wildman–Crippen LogP) is 3.49. The summed E-state index contributed by atoms with van der Waals surface area (Å²) < 4.78 is 5.15. The summed E-state index contributed by atoms with van der Waals surface area (Å²) >= 11 is 0. The summed E-state index contributed by atoms with van der Waals surface area (Å²) in [4.78, 5) is 33.5. The number of primary amides is 1. The molecule has 0 aromatic heterocycles. The maximum absolute atomic E-state index is 11.8. The van der Waals surface area contributed by atoms with E-state index >= 15 is 0 Å². The van der Waals surface area contributed by atoms with Gasteiger partial charge >= 0.3 is 5.97 Å². The summed E-state index contributed by atoms with van der Waals surface area (Å²) in [6.07, 6.45) is 8.49. The van der Waals surface area contributed by atoms with Gasteiger partial charge < -0.3 is 10.5 Å². The largest absolute Gasteiger partial charge is 0.461 e. The second-order valence-electron chi connectivity index (χ2n) is 6.52. The molecule has 136 valence electrons. The Morgan fingerprint density at radius 2 is 1.96 bits per heavy atom. The van der Waals surface area contributed by atoms with Crippen molar-refractivity contribution in [3.8, 4) is 0 Å². The normalized spacial score (nSPS) is 14.9. The van der Waals surface area contributed by atoms with E-state index in [0.29, 0.717) is 12.3 Å². The molecule has 0 unspecified atom stereocenters. The molecule has 1 aromatic rings. The molecule has 0 saturated heterocycles. The Hall–Kier alpha value is -2.44. The highest BCUT2D eigenvalue weighted by Gasteiger charge is 2.18. The lowest BCUT2D eigenvalue weighted by Crippen LogP contribution is -2.12. The van der Waals surface area contributed by atoms with E-state index in [1.165, 1.54) is 44.2 Å². The molecule has 1 fully saturated rings. The quantitative estimate of drug-likeness (QED) is 0.439. The second kappa shape index (κ2) is 9.15. The van der Waals surface area contributed by atoms with Crippen LogP contribution in [0.15, 0.2) is 18.2 Å². The van der Waals surface area contributed by atoms with E-state index in [1.807, 2.05) is 0 Å². The minimum atomic E-state index is -0.741. The van der Waals surface area contributed by atoms with Crippen molar-refractivity contribution in [2.24, 2.45) is 11.7 Å². The minimum Gasteiger partial charge on any atom is -0.461 e. The molecule has 25 heavy (non-hydrogen) atoms. The van der Waals surface area contributed by atoms with Crippen LogP contribution in [0.4, 0.5) is 5.69 Å². The Bertz CT molecular complexity index is 638. The first-order valence-electron chi connectivity index (χ1n) is 8.70. The number of esters is 1. The number of amides is 1. The SMILES string of the molecule is NC(=O)c1ccc(COC(=O)CCCC2CCCCC2)c([N+](=O)[O-])c1. The molecule has 7 nitrogen and oxygen atoms in total. The topological polar surface area (TPSA) is 113 Å². The Morgan fingerprint density at radius 3 is 2.60 bits per heavy atom. The Morgan fingerprint density at radius 1 is 1.24 bits per heavy atom. The van der Waals surface area contributed by atoms with Crippen molar-refractivity contribution < 1.29 is 19.2 Å². The molecule has 0 bridgehead atoms. The standard InChI is InChI=1S/C18H24N2O5/c19-18(22)14-9-10-15(16(11-14)20(23)24)12-25-17(21)8-4-7-13-5-2-1-3-6-13/h9-11,13H,1-8,12H2,(H2,19,22). The van der Waals surface area contributed by atoms with Crippen LogP contribution in [0.25, 0.3) is 0 Å². The molecule has 7 heteroatoms. The van der Waals surface area contributed by atoms with Crippen molar-refractivity contribution in [1.29, 1.82) is 0 Å². The monoisotopic (exact) mass is 348 g/mol. The summed E-state index contributed by atoms with van der Waals surface area (Å²) in [5.41, 5.74) is 5.15. The van der Waals surface area contributed by atoms with Gasteiger partial charge in [-0.2, -0.15) is 0 Å². The zero-order chi connectivity index (χ0) is 18.2. The highest BCUT2D eigenvalue weighted by atomic mass is 16.6. The lowest BCUT2D eigenvalue weighted by molar-refractivity contribution is -0.385. The molecule has 1 aliphatic rings. The van der Waals surface area contributed by atoms with Gasteiger partial charge in [-0.25, -0.2) is 0 Å². The molecule has 1 amide bonds. The molecule has 0 radical (unpaired) electrons. The van der Waals surface area contributed by atoms with Gasteiger partial charge in [0.15, 0.2) is 0 Å². The Balaban J connectivity index is 1.82. The van der Waals surface area contributed by atoms with Crippen LogP contribution in [-0.2, 0) is 16.1 Å². The van der Waals surface area contributed by atoms with Crippen LogP contribution in [0, 0.1) is 16.0 Å². The first-order chi connectivity index (χ1) is 12.0. The van der Waals surface area contributed by atoms with Gasteiger partial charge in [0.1, 0.15) is 6.61 Å². The molecule has 1 aromatic carbocycles. The molecule has 1 saturated carbocycles. The lowest BCUT2D eigenvalue weighted by Gasteiger charge is -2.20. The van der Waals surface area contributed by atoms with E-state index in [2.05, 4.69) is 0 Å². The summed E-state index contributed by atoms with van der Waals surface area (Å²) in [7, 11) is 0. The third-order valence-corrected chi connectivity index (χ3v) is 4.67. The molecule has 0 spiro atoms. The van der Waals surface area contributed by atoms with Gasteiger partial charge in [-0.05, 0) is 30.9 Å². The molecular formula is C18H24N2O5. The number of rotatable bonds is 8. The Kier molecular flexibility index (Phi) is 6.91.